The van der Waals surface area contributed by atoms with Crippen LogP contribution in [0.1, 0.15) is 70.0 Å². The number of halogens is 1. The molecule has 11 heteroatoms. The zero-order valence-corrected chi connectivity index (χ0v) is 26.7. The standard InChI is InChI=1S/C36H38FN5O5/c1-42(2)16-15-38-35(44)22-9-11-23(12-10-22)39-36(45)40-24-13-14-30-28(17-24)34(43)31(47-30)20-27-26-18-25(46-3)19-29(37)33(26)41-32(27)21-7-5-4-6-8-21/h9-14,17-21,41H,4-8,15-16H2,1-3H3,(H,38,44)(H2,39,40,45). The molecule has 3 aromatic carbocycles. The summed E-state index contributed by atoms with van der Waals surface area (Å²) in [5, 5.41) is 8.97. The van der Waals surface area contributed by atoms with Crippen LogP contribution in [-0.2, 0) is 0 Å². The highest BCUT2D eigenvalue weighted by Crippen LogP contribution is 2.41. The van der Waals surface area contributed by atoms with Crippen LogP contribution in [0.3, 0.4) is 0 Å². The molecule has 2 aliphatic rings. The summed E-state index contributed by atoms with van der Waals surface area (Å²) in [6.07, 6.45) is 6.99. The van der Waals surface area contributed by atoms with E-state index in [1.54, 1.807) is 54.6 Å². The number of carbonyl (C=O) groups is 3. The first-order valence-electron chi connectivity index (χ1n) is 15.8. The van der Waals surface area contributed by atoms with Crippen LogP contribution in [0.15, 0.2) is 60.4 Å². The Hall–Kier alpha value is -5.16. The van der Waals surface area contributed by atoms with Crippen molar-refractivity contribution in [3.8, 4) is 11.5 Å². The van der Waals surface area contributed by atoms with E-state index in [0.717, 1.165) is 43.5 Å². The molecule has 6 rings (SSSR count). The van der Waals surface area contributed by atoms with E-state index in [-0.39, 0.29) is 23.4 Å². The van der Waals surface area contributed by atoms with Crippen LogP contribution >= 0.6 is 0 Å². The summed E-state index contributed by atoms with van der Waals surface area (Å²) in [6.45, 7) is 1.26. The maximum absolute atomic E-state index is 15.1. The minimum Gasteiger partial charge on any atom is -0.497 e. The highest BCUT2D eigenvalue weighted by Gasteiger charge is 2.30. The Morgan fingerprint density at radius 1 is 1.02 bits per heavy atom. The first kappa shape index (κ1) is 31.8. The van der Waals surface area contributed by atoms with Crippen molar-refractivity contribution in [1.29, 1.82) is 0 Å². The smallest absolute Gasteiger partial charge is 0.323 e. The van der Waals surface area contributed by atoms with E-state index in [1.807, 2.05) is 19.0 Å². The van der Waals surface area contributed by atoms with Crippen molar-refractivity contribution in [2.75, 3.05) is 44.9 Å². The number of aromatic nitrogens is 1. The number of ether oxygens (including phenoxy) is 2. The number of aromatic amines is 1. The van der Waals surface area contributed by atoms with E-state index in [4.69, 9.17) is 9.47 Å². The molecule has 1 aliphatic carbocycles. The molecular weight excluding hydrogens is 601 g/mol. The molecule has 4 aromatic rings. The van der Waals surface area contributed by atoms with E-state index in [9.17, 15) is 14.4 Å². The quantitative estimate of drug-likeness (QED) is 0.148. The van der Waals surface area contributed by atoms with Gasteiger partial charge in [0.2, 0.25) is 5.78 Å². The van der Waals surface area contributed by atoms with Gasteiger partial charge in [-0.25, -0.2) is 9.18 Å². The SMILES string of the molecule is COc1cc(F)c2[nH]c(C3CCCCC3)c(C=C3Oc4ccc(NC(=O)Nc5ccc(C(=O)NCCN(C)C)cc5)cc4C3=O)c2c1. The number of rotatable bonds is 9. The molecule has 0 radical (unpaired) electrons. The van der Waals surface area contributed by atoms with Gasteiger partial charge in [-0.2, -0.15) is 0 Å². The lowest BCUT2D eigenvalue weighted by molar-refractivity contribution is 0.0950. The zero-order chi connectivity index (χ0) is 33.1. The Balaban J connectivity index is 1.17. The van der Waals surface area contributed by atoms with Crippen LogP contribution in [0.4, 0.5) is 20.6 Å². The van der Waals surface area contributed by atoms with E-state index < -0.39 is 11.8 Å². The number of ketones is 1. The molecule has 0 bridgehead atoms. The molecular formula is C36H38FN5O5. The minimum atomic E-state index is -0.512. The van der Waals surface area contributed by atoms with Crippen molar-refractivity contribution < 1.29 is 28.2 Å². The molecule has 3 amide bonds. The number of Topliss-reactive ketones (excluding diaryl/α,β-unsaturated/α-hetero) is 1. The number of likely N-dealkylation sites (N-methyl/N-ethyl adjacent to an activating group) is 1. The second-order valence-electron chi connectivity index (χ2n) is 12.2. The fourth-order valence-corrected chi connectivity index (χ4v) is 6.15. The van der Waals surface area contributed by atoms with Crippen molar-refractivity contribution in [3.05, 3.63) is 88.6 Å². The second-order valence-corrected chi connectivity index (χ2v) is 12.2. The third kappa shape index (κ3) is 7.00. The molecule has 47 heavy (non-hydrogen) atoms. The fourth-order valence-electron chi connectivity index (χ4n) is 6.15. The van der Waals surface area contributed by atoms with Crippen molar-refractivity contribution in [2.24, 2.45) is 0 Å². The van der Waals surface area contributed by atoms with E-state index in [1.165, 1.54) is 19.6 Å². The molecule has 0 atom stereocenters. The lowest BCUT2D eigenvalue weighted by Gasteiger charge is -2.21. The van der Waals surface area contributed by atoms with Gasteiger partial charge in [-0.05, 0) is 87.5 Å². The van der Waals surface area contributed by atoms with Crippen molar-refractivity contribution in [1.82, 2.24) is 15.2 Å². The molecule has 1 aromatic heterocycles. The van der Waals surface area contributed by atoms with Crippen LogP contribution in [-0.4, -0.2) is 61.9 Å². The Kier molecular flexibility index (Phi) is 9.26. The number of methoxy groups -OCH3 is 1. The monoisotopic (exact) mass is 639 g/mol. The van der Waals surface area contributed by atoms with Gasteiger partial charge in [-0.3, -0.25) is 9.59 Å². The molecule has 4 N–H and O–H groups in total. The number of carbonyl (C=O) groups excluding carboxylic acids is 3. The topological polar surface area (TPSA) is 125 Å². The summed E-state index contributed by atoms with van der Waals surface area (Å²) >= 11 is 0. The number of fused-ring (bicyclic) bond motifs is 2. The van der Waals surface area contributed by atoms with Gasteiger partial charge < -0.3 is 35.3 Å². The van der Waals surface area contributed by atoms with Gasteiger partial charge >= 0.3 is 6.03 Å². The predicted molar refractivity (Wildman–Crippen MR) is 180 cm³/mol. The number of H-pyrrole nitrogens is 1. The van der Waals surface area contributed by atoms with E-state index >= 15 is 4.39 Å². The number of hydrogen-bond donors (Lipinski definition) is 4. The number of hydrogen-bond acceptors (Lipinski definition) is 6. The van der Waals surface area contributed by atoms with Crippen LogP contribution in [0.5, 0.6) is 11.5 Å². The number of urea groups is 1. The van der Waals surface area contributed by atoms with Crippen molar-refractivity contribution >= 4 is 46.1 Å². The second kappa shape index (κ2) is 13.7. The predicted octanol–water partition coefficient (Wildman–Crippen LogP) is 6.91. The minimum absolute atomic E-state index is 0.119. The first-order chi connectivity index (χ1) is 22.7. The summed E-state index contributed by atoms with van der Waals surface area (Å²) in [5.74, 6) is 0.135. The molecule has 0 spiro atoms. The zero-order valence-electron chi connectivity index (χ0n) is 26.7. The Morgan fingerprint density at radius 3 is 2.47 bits per heavy atom. The van der Waals surface area contributed by atoms with Gasteiger partial charge in [0.15, 0.2) is 11.6 Å². The summed E-state index contributed by atoms with van der Waals surface area (Å²) in [4.78, 5) is 44.0. The maximum atomic E-state index is 15.1. The number of nitrogens with zero attached hydrogens (tertiary/aromatic N) is 1. The van der Waals surface area contributed by atoms with Gasteiger partial charge in [0.25, 0.3) is 5.91 Å². The highest BCUT2D eigenvalue weighted by atomic mass is 19.1. The number of anilines is 2. The van der Waals surface area contributed by atoms with E-state index in [0.29, 0.717) is 51.4 Å². The molecule has 1 saturated carbocycles. The summed E-state index contributed by atoms with van der Waals surface area (Å²) in [5.41, 5.74) is 3.67. The number of benzene rings is 3. The Bertz CT molecular complexity index is 1860. The molecule has 0 saturated heterocycles. The maximum Gasteiger partial charge on any atom is 0.323 e. The van der Waals surface area contributed by atoms with Crippen LogP contribution in [0.2, 0.25) is 0 Å². The van der Waals surface area contributed by atoms with Crippen molar-refractivity contribution in [2.45, 2.75) is 38.0 Å². The summed E-state index contributed by atoms with van der Waals surface area (Å²) in [6, 6.07) is 14.0. The third-order valence-electron chi connectivity index (χ3n) is 8.60. The third-order valence-corrected chi connectivity index (χ3v) is 8.60. The average molecular weight is 640 g/mol. The molecule has 1 aliphatic heterocycles. The number of nitrogens with one attached hydrogen (secondary N) is 4. The largest absolute Gasteiger partial charge is 0.497 e. The van der Waals surface area contributed by atoms with Crippen LogP contribution < -0.4 is 25.4 Å². The normalized spacial score (nSPS) is 15.5. The molecule has 2 heterocycles. The highest BCUT2D eigenvalue weighted by molar-refractivity contribution is 6.16. The van der Waals surface area contributed by atoms with Gasteiger partial charge in [0, 0.05) is 52.7 Å². The fraction of sp³-hybridized carbons (Fsp3) is 0.306. The van der Waals surface area contributed by atoms with Gasteiger partial charge in [0.05, 0.1) is 18.2 Å². The Morgan fingerprint density at radius 2 is 1.74 bits per heavy atom. The van der Waals surface area contributed by atoms with Crippen LogP contribution in [0.25, 0.3) is 17.0 Å². The van der Waals surface area contributed by atoms with Gasteiger partial charge in [0.1, 0.15) is 11.5 Å². The average Bonchev–Trinajstić information content (AvgIpc) is 3.58. The van der Waals surface area contributed by atoms with Crippen LogP contribution in [0, 0.1) is 5.82 Å². The number of amides is 3. The van der Waals surface area contributed by atoms with Gasteiger partial charge in [-0.1, -0.05) is 19.3 Å². The first-order valence-corrected chi connectivity index (χ1v) is 15.8. The van der Waals surface area contributed by atoms with Crippen molar-refractivity contribution in [3.63, 3.8) is 0 Å². The van der Waals surface area contributed by atoms with E-state index in [2.05, 4.69) is 20.9 Å². The molecule has 244 valence electrons. The summed E-state index contributed by atoms with van der Waals surface area (Å²) < 4.78 is 26.5. The Labute approximate surface area is 272 Å². The lowest BCUT2D eigenvalue weighted by Crippen LogP contribution is -2.31. The molecule has 1 fully saturated rings. The summed E-state index contributed by atoms with van der Waals surface area (Å²) in [7, 11) is 5.35. The molecule has 10 nitrogen and oxygen atoms in total. The number of allylic oxidation sites excluding steroid dienone is 1. The van der Waals surface area contributed by atoms with Gasteiger partial charge in [-0.15, -0.1) is 0 Å². The lowest BCUT2D eigenvalue weighted by atomic mass is 9.85. The molecule has 0 unspecified atom stereocenters.